The van der Waals surface area contributed by atoms with Gasteiger partial charge in [-0.2, -0.15) is 0 Å². The van der Waals surface area contributed by atoms with Crippen LogP contribution in [-0.4, -0.2) is 33.7 Å². The Morgan fingerprint density at radius 2 is 1.91 bits per heavy atom. The molecule has 5 heteroatoms. The SMILES string of the molecule is CCN(Cc1nc(C)c(-c2ccc(Cl)cc2)o1)CC(C)(C)O. The van der Waals surface area contributed by atoms with E-state index < -0.39 is 5.60 Å². The van der Waals surface area contributed by atoms with Crippen LogP contribution in [0.3, 0.4) is 0 Å². The molecule has 0 saturated carbocycles. The minimum absolute atomic E-state index is 0.571. The van der Waals surface area contributed by atoms with E-state index in [1.54, 1.807) is 13.8 Å². The van der Waals surface area contributed by atoms with Gasteiger partial charge >= 0.3 is 0 Å². The number of oxazole rings is 1. The monoisotopic (exact) mass is 322 g/mol. The van der Waals surface area contributed by atoms with E-state index in [1.165, 1.54) is 0 Å². The molecule has 0 aliphatic carbocycles. The fraction of sp³-hybridized carbons (Fsp3) is 0.471. The molecule has 2 rings (SSSR count). The Kier molecular flexibility index (Phi) is 5.27. The molecule has 1 aromatic heterocycles. The van der Waals surface area contributed by atoms with Gasteiger partial charge < -0.3 is 9.52 Å². The number of aromatic nitrogens is 1. The van der Waals surface area contributed by atoms with Crippen molar-refractivity contribution in [1.29, 1.82) is 0 Å². The van der Waals surface area contributed by atoms with Gasteiger partial charge in [-0.1, -0.05) is 18.5 Å². The van der Waals surface area contributed by atoms with E-state index in [4.69, 9.17) is 16.0 Å². The Balaban J connectivity index is 2.17. The maximum atomic E-state index is 9.96. The average Bonchev–Trinajstić information content (AvgIpc) is 2.78. The molecule has 120 valence electrons. The first kappa shape index (κ1) is 17.0. The molecule has 1 N–H and O–H groups in total. The van der Waals surface area contributed by atoms with E-state index in [0.717, 1.165) is 23.6 Å². The van der Waals surface area contributed by atoms with Gasteiger partial charge in [-0.15, -0.1) is 0 Å². The van der Waals surface area contributed by atoms with E-state index in [1.807, 2.05) is 31.2 Å². The van der Waals surface area contributed by atoms with Crippen LogP contribution in [0, 0.1) is 6.92 Å². The number of aryl methyl sites for hydroxylation is 1. The summed E-state index contributed by atoms with van der Waals surface area (Å²) in [6.45, 7) is 9.56. The Bertz CT molecular complexity index is 615. The van der Waals surface area contributed by atoms with Gasteiger partial charge in [-0.25, -0.2) is 4.98 Å². The lowest BCUT2D eigenvalue weighted by atomic mass is 10.1. The number of nitrogens with zero attached hydrogens (tertiary/aromatic N) is 2. The van der Waals surface area contributed by atoms with Crippen molar-refractivity contribution in [2.75, 3.05) is 13.1 Å². The van der Waals surface area contributed by atoms with Crippen molar-refractivity contribution in [2.24, 2.45) is 0 Å². The maximum absolute atomic E-state index is 9.96. The third-order valence-corrected chi connectivity index (χ3v) is 3.62. The molecular formula is C17H23ClN2O2. The number of benzene rings is 1. The van der Waals surface area contributed by atoms with E-state index in [9.17, 15) is 5.11 Å². The molecule has 22 heavy (non-hydrogen) atoms. The molecule has 0 unspecified atom stereocenters. The van der Waals surface area contributed by atoms with Crippen LogP contribution >= 0.6 is 11.6 Å². The zero-order valence-electron chi connectivity index (χ0n) is 13.6. The minimum Gasteiger partial charge on any atom is -0.439 e. The Hall–Kier alpha value is -1.36. The molecule has 2 aromatic rings. The molecular weight excluding hydrogens is 300 g/mol. The van der Waals surface area contributed by atoms with Gasteiger partial charge in [0, 0.05) is 17.1 Å². The standard InChI is InChI=1S/C17H23ClN2O2/c1-5-20(11-17(3,4)21)10-15-19-12(2)16(22-15)13-6-8-14(18)9-7-13/h6-9,21H,5,10-11H2,1-4H3. The summed E-state index contributed by atoms with van der Waals surface area (Å²) in [4.78, 5) is 6.61. The number of likely N-dealkylation sites (N-methyl/N-ethyl adjacent to an activating group) is 1. The molecule has 0 bridgehead atoms. The summed E-state index contributed by atoms with van der Waals surface area (Å²) in [5.41, 5.74) is 1.08. The highest BCUT2D eigenvalue weighted by Crippen LogP contribution is 2.26. The lowest BCUT2D eigenvalue weighted by molar-refractivity contribution is 0.0329. The molecule has 0 aliphatic heterocycles. The van der Waals surface area contributed by atoms with Crippen LogP contribution in [0.2, 0.25) is 5.02 Å². The molecule has 0 spiro atoms. The van der Waals surface area contributed by atoms with E-state index in [2.05, 4.69) is 16.8 Å². The van der Waals surface area contributed by atoms with Crippen molar-refractivity contribution in [3.8, 4) is 11.3 Å². The zero-order valence-corrected chi connectivity index (χ0v) is 14.3. The van der Waals surface area contributed by atoms with Gasteiger partial charge in [-0.3, -0.25) is 4.90 Å². The second kappa shape index (κ2) is 6.82. The number of hydrogen-bond donors (Lipinski definition) is 1. The highest BCUT2D eigenvalue weighted by atomic mass is 35.5. The van der Waals surface area contributed by atoms with Crippen molar-refractivity contribution in [3.05, 3.63) is 40.9 Å². The quantitative estimate of drug-likeness (QED) is 0.876. The summed E-state index contributed by atoms with van der Waals surface area (Å²) in [5, 5.41) is 10.7. The first-order chi connectivity index (χ1) is 10.3. The lowest BCUT2D eigenvalue weighted by Gasteiger charge is -2.26. The topological polar surface area (TPSA) is 49.5 Å². The highest BCUT2D eigenvalue weighted by molar-refractivity contribution is 6.30. The van der Waals surface area contributed by atoms with Crippen molar-refractivity contribution in [2.45, 2.75) is 39.8 Å². The van der Waals surface area contributed by atoms with Gasteiger partial charge in [-0.05, 0) is 51.6 Å². The van der Waals surface area contributed by atoms with Crippen LogP contribution in [0.15, 0.2) is 28.7 Å². The fourth-order valence-corrected chi connectivity index (χ4v) is 2.53. The Morgan fingerprint density at radius 1 is 1.27 bits per heavy atom. The maximum Gasteiger partial charge on any atom is 0.209 e. The van der Waals surface area contributed by atoms with Crippen molar-refractivity contribution < 1.29 is 9.52 Å². The van der Waals surface area contributed by atoms with Crippen LogP contribution < -0.4 is 0 Å². The van der Waals surface area contributed by atoms with Gasteiger partial charge in [0.15, 0.2) is 5.76 Å². The molecule has 0 saturated heterocycles. The predicted molar refractivity (Wildman–Crippen MR) is 88.9 cm³/mol. The summed E-state index contributed by atoms with van der Waals surface area (Å²) in [5.74, 6) is 1.43. The van der Waals surface area contributed by atoms with Crippen molar-refractivity contribution >= 4 is 11.6 Å². The normalized spacial score (nSPS) is 12.1. The Morgan fingerprint density at radius 3 is 2.45 bits per heavy atom. The van der Waals surface area contributed by atoms with Crippen LogP contribution in [0.5, 0.6) is 0 Å². The van der Waals surface area contributed by atoms with Gasteiger partial charge in [0.25, 0.3) is 0 Å². The predicted octanol–water partition coefficient (Wildman–Crippen LogP) is 3.90. The molecule has 0 atom stereocenters. The molecule has 1 heterocycles. The summed E-state index contributed by atoms with van der Waals surface area (Å²) in [6.07, 6.45) is 0. The zero-order chi connectivity index (χ0) is 16.3. The molecule has 0 fully saturated rings. The lowest BCUT2D eigenvalue weighted by Crippen LogP contribution is -2.38. The second-order valence-electron chi connectivity index (χ2n) is 6.14. The summed E-state index contributed by atoms with van der Waals surface area (Å²) in [6, 6.07) is 7.53. The second-order valence-corrected chi connectivity index (χ2v) is 6.58. The Labute approximate surface area is 136 Å². The van der Waals surface area contributed by atoms with Gasteiger partial charge in [0.05, 0.1) is 17.8 Å². The third-order valence-electron chi connectivity index (χ3n) is 3.36. The van der Waals surface area contributed by atoms with Crippen LogP contribution in [0.1, 0.15) is 32.4 Å². The number of aliphatic hydroxyl groups is 1. The fourth-order valence-electron chi connectivity index (χ4n) is 2.41. The van der Waals surface area contributed by atoms with Crippen LogP contribution in [-0.2, 0) is 6.54 Å². The van der Waals surface area contributed by atoms with E-state index in [-0.39, 0.29) is 0 Å². The molecule has 0 radical (unpaired) electrons. The molecule has 0 aliphatic rings. The molecule has 0 amide bonds. The summed E-state index contributed by atoms with van der Waals surface area (Å²) < 4.78 is 5.91. The minimum atomic E-state index is -0.739. The largest absolute Gasteiger partial charge is 0.439 e. The number of hydrogen-bond acceptors (Lipinski definition) is 4. The highest BCUT2D eigenvalue weighted by Gasteiger charge is 2.20. The van der Waals surface area contributed by atoms with E-state index in [0.29, 0.717) is 24.0 Å². The summed E-state index contributed by atoms with van der Waals surface area (Å²) in [7, 11) is 0. The van der Waals surface area contributed by atoms with Gasteiger partial charge in [0.1, 0.15) is 0 Å². The first-order valence-electron chi connectivity index (χ1n) is 7.45. The van der Waals surface area contributed by atoms with Crippen molar-refractivity contribution in [1.82, 2.24) is 9.88 Å². The van der Waals surface area contributed by atoms with Gasteiger partial charge in [0.2, 0.25) is 5.89 Å². The smallest absolute Gasteiger partial charge is 0.209 e. The molecule has 4 nitrogen and oxygen atoms in total. The van der Waals surface area contributed by atoms with Crippen LogP contribution in [0.4, 0.5) is 0 Å². The summed E-state index contributed by atoms with van der Waals surface area (Å²) >= 11 is 5.92. The van der Waals surface area contributed by atoms with Crippen molar-refractivity contribution in [3.63, 3.8) is 0 Å². The van der Waals surface area contributed by atoms with E-state index >= 15 is 0 Å². The average molecular weight is 323 g/mol. The first-order valence-corrected chi connectivity index (χ1v) is 7.83. The molecule has 1 aromatic carbocycles. The van der Waals surface area contributed by atoms with Crippen LogP contribution in [0.25, 0.3) is 11.3 Å². The number of rotatable bonds is 6. The third kappa shape index (κ3) is 4.57. The number of halogens is 1.